The van der Waals surface area contributed by atoms with Crippen LogP contribution in [0.1, 0.15) is 83.6 Å². The average molecular weight is 488 g/mol. The number of amides is 2. The lowest BCUT2D eigenvalue weighted by Gasteiger charge is -2.41. The van der Waals surface area contributed by atoms with E-state index in [-0.39, 0.29) is 41.9 Å². The van der Waals surface area contributed by atoms with Crippen molar-refractivity contribution in [3.05, 3.63) is 29.6 Å². The highest BCUT2D eigenvalue weighted by Gasteiger charge is 2.34. The quantitative estimate of drug-likeness (QED) is 0.480. The molecule has 2 saturated heterocycles. The molecule has 2 aliphatic heterocycles. The molecule has 1 atom stereocenters. The second-order valence-electron chi connectivity index (χ2n) is 11.2. The van der Waals surface area contributed by atoms with E-state index >= 15 is 0 Å². The maximum Gasteiger partial charge on any atom is 0.309 e. The summed E-state index contributed by atoms with van der Waals surface area (Å²) < 4.78 is 20.6. The molecule has 2 N–H and O–H groups in total. The minimum absolute atomic E-state index is 0.00408. The molecule has 2 heterocycles. The van der Waals surface area contributed by atoms with Gasteiger partial charge in [-0.1, -0.05) is 6.07 Å². The highest BCUT2D eigenvalue weighted by molar-refractivity contribution is 6.01. The number of ether oxygens (including phenoxy) is 1. The van der Waals surface area contributed by atoms with E-state index < -0.39 is 11.6 Å². The zero-order valence-electron chi connectivity index (χ0n) is 21.1. The highest BCUT2D eigenvalue weighted by atomic mass is 19.1. The van der Waals surface area contributed by atoms with Crippen LogP contribution in [0.3, 0.4) is 0 Å². The Morgan fingerprint density at radius 1 is 1.06 bits per heavy atom. The molecule has 1 aromatic rings. The predicted molar refractivity (Wildman–Crippen MR) is 131 cm³/mol. The monoisotopic (exact) mass is 487 g/mol. The molecule has 3 aliphatic rings. The Morgan fingerprint density at radius 3 is 2.34 bits per heavy atom. The van der Waals surface area contributed by atoms with Crippen molar-refractivity contribution < 1.29 is 23.5 Å². The Hall–Kier alpha value is -2.48. The summed E-state index contributed by atoms with van der Waals surface area (Å²) in [4.78, 5) is 38.2. The summed E-state index contributed by atoms with van der Waals surface area (Å²) in [5.74, 6) is -0.770. The van der Waals surface area contributed by atoms with Crippen LogP contribution >= 0.6 is 0 Å². The summed E-state index contributed by atoms with van der Waals surface area (Å²) in [7, 11) is 0. The van der Waals surface area contributed by atoms with Crippen molar-refractivity contribution in [3.63, 3.8) is 0 Å². The SMILES string of the molecule is CC(C)(C)OC(=O)C1CCC(N2CCC(c3ccc(NC4CCC(=O)NC4=O)cc3F)CC2)CC1. The number of imide groups is 1. The molecule has 0 spiro atoms. The molecule has 2 amide bonds. The lowest BCUT2D eigenvalue weighted by molar-refractivity contribution is -0.161. The third-order valence-electron chi connectivity index (χ3n) is 7.50. The molecule has 0 radical (unpaired) electrons. The van der Waals surface area contributed by atoms with Crippen LogP contribution < -0.4 is 10.6 Å². The van der Waals surface area contributed by atoms with Crippen LogP contribution in [0.25, 0.3) is 0 Å². The van der Waals surface area contributed by atoms with E-state index in [1.165, 1.54) is 6.07 Å². The first-order valence-corrected chi connectivity index (χ1v) is 13.0. The van der Waals surface area contributed by atoms with E-state index in [2.05, 4.69) is 15.5 Å². The molecule has 1 unspecified atom stereocenters. The zero-order chi connectivity index (χ0) is 25.2. The van der Waals surface area contributed by atoms with Gasteiger partial charge in [-0.3, -0.25) is 19.7 Å². The second-order valence-corrected chi connectivity index (χ2v) is 11.2. The minimum atomic E-state index is -0.522. The van der Waals surface area contributed by atoms with E-state index in [1.54, 1.807) is 0 Å². The fourth-order valence-corrected chi connectivity index (χ4v) is 5.62. The molecular weight excluding hydrogens is 449 g/mol. The first-order valence-electron chi connectivity index (χ1n) is 13.0. The fraction of sp³-hybridized carbons (Fsp3) is 0.667. The minimum Gasteiger partial charge on any atom is -0.460 e. The number of carbonyl (C=O) groups excluding carboxylic acids is 3. The third-order valence-corrected chi connectivity index (χ3v) is 7.50. The van der Waals surface area contributed by atoms with Crippen molar-refractivity contribution in [2.24, 2.45) is 5.92 Å². The Morgan fingerprint density at radius 2 is 1.74 bits per heavy atom. The van der Waals surface area contributed by atoms with Crippen molar-refractivity contribution in [1.82, 2.24) is 10.2 Å². The van der Waals surface area contributed by atoms with E-state index in [1.807, 2.05) is 32.9 Å². The first kappa shape index (κ1) is 25.6. The Bertz CT molecular complexity index is 944. The Labute approximate surface area is 207 Å². The van der Waals surface area contributed by atoms with Crippen LogP contribution in [0.5, 0.6) is 0 Å². The number of likely N-dealkylation sites (tertiary alicyclic amines) is 1. The van der Waals surface area contributed by atoms with Gasteiger partial charge in [0.05, 0.1) is 5.92 Å². The van der Waals surface area contributed by atoms with Gasteiger partial charge in [-0.2, -0.15) is 0 Å². The number of hydrogen-bond acceptors (Lipinski definition) is 6. The van der Waals surface area contributed by atoms with E-state index in [0.717, 1.165) is 57.2 Å². The molecule has 3 fully saturated rings. The number of nitrogens with zero attached hydrogens (tertiary/aromatic N) is 1. The summed E-state index contributed by atoms with van der Waals surface area (Å²) in [6, 6.07) is 5.08. The average Bonchev–Trinajstić information content (AvgIpc) is 2.80. The lowest BCUT2D eigenvalue weighted by atomic mass is 9.83. The normalized spacial score (nSPS) is 26.8. The molecular formula is C27H38FN3O4. The highest BCUT2D eigenvalue weighted by Crippen LogP contribution is 2.35. The molecule has 7 nitrogen and oxygen atoms in total. The number of anilines is 1. The van der Waals surface area contributed by atoms with Gasteiger partial charge in [0.25, 0.3) is 0 Å². The van der Waals surface area contributed by atoms with Gasteiger partial charge in [-0.15, -0.1) is 0 Å². The number of carbonyl (C=O) groups is 3. The van der Waals surface area contributed by atoms with Crippen molar-refractivity contribution >= 4 is 23.5 Å². The van der Waals surface area contributed by atoms with Crippen LogP contribution in [0.4, 0.5) is 10.1 Å². The summed E-state index contributed by atoms with van der Waals surface area (Å²) in [5, 5.41) is 5.36. The van der Waals surface area contributed by atoms with Crippen LogP contribution in [-0.4, -0.2) is 53.5 Å². The summed E-state index contributed by atoms with van der Waals surface area (Å²) in [6.07, 6.45) is 6.25. The molecule has 192 valence electrons. The van der Waals surface area contributed by atoms with Gasteiger partial charge in [0.1, 0.15) is 17.5 Å². The fourth-order valence-electron chi connectivity index (χ4n) is 5.62. The predicted octanol–water partition coefficient (Wildman–Crippen LogP) is 4.12. The topological polar surface area (TPSA) is 87.7 Å². The van der Waals surface area contributed by atoms with Crippen molar-refractivity contribution in [2.45, 2.75) is 95.7 Å². The summed E-state index contributed by atoms with van der Waals surface area (Å²) in [5.41, 5.74) is 0.844. The number of piperidine rings is 2. The van der Waals surface area contributed by atoms with Gasteiger partial charge in [0.15, 0.2) is 0 Å². The largest absolute Gasteiger partial charge is 0.460 e. The number of rotatable bonds is 5. The summed E-state index contributed by atoms with van der Waals surface area (Å²) >= 11 is 0. The van der Waals surface area contributed by atoms with Crippen molar-refractivity contribution in [2.75, 3.05) is 18.4 Å². The molecule has 1 aromatic carbocycles. The van der Waals surface area contributed by atoms with E-state index in [9.17, 15) is 18.8 Å². The molecule has 1 saturated carbocycles. The van der Waals surface area contributed by atoms with Crippen LogP contribution in [-0.2, 0) is 19.1 Å². The molecule has 35 heavy (non-hydrogen) atoms. The number of esters is 1. The van der Waals surface area contributed by atoms with Crippen LogP contribution in [0.15, 0.2) is 18.2 Å². The molecule has 8 heteroatoms. The zero-order valence-corrected chi connectivity index (χ0v) is 21.1. The van der Waals surface area contributed by atoms with Crippen molar-refractivity contribution in [3.8, 4) is 0 Å². The number of nitrogens with one attached hydrogen (secondary N) is 2. The lowest BCUT2D eigenvalue weighted by Crippen LogP contribution is -2.47. The van der Waals surface area contributed by atoms with Gasteiger partial charge in [-0.05, 0) is 102 Å². The van der Waals surface area contributed by atoms with Crippen LogP contribution in [0.2, 0.25) is 0 Å². The number of halogens is 1. The maximum atomic E-state index is 15.0. The molecule has 1 aliphatic carbocycles. The second kappa shape index (κ2) is 10.6. The number of benzene rings is 1. The Kier molecular flexibility index (Phi) is 7.79. The smallest absolute Gasteiger partial charge is 0.309 e. The van der Waals surface area contributed by atoms with E-state index in [4.69, 9.17) is 4.74 Å². The Balaban J connectivity index is 1.25. The summed E-state index contributed by atoms with van der Waals surface area (Å²) in [6.45, 7) is 7.59. The van der Waals surface area contributed by atoms with Crippen molar-refractivity contribution in [1.29, 1.82) is 0 Å². The molecule has 4 rings (SSSR count). The van der Waals surface area contributed by atoms with Gasteiger partial charge >= 0.3 is 5.97 Å². The van der Waals surface area contributed by atoms with Gasteiger partial charge in [0.2, 0.25) is 11.8 Å². The van der Waals surface area contributed by atoms with Gasteiger partial charge < -0.3 is 15.0 Å². The van der Waals surface area contributed by atoms with Gasteiger partial charge in [-0.25, -0.2) is 4.39 Å². The first-order chi connectivity index (χ1) is 16.6. The van der Waals surface area contributed by atoms with Gasteiger partial charge in [0, 0.05) is 18.2 Å². The van der Waals surface area contributed by atoms with Crippen LogP contribution in [0, 0.1) is 11.7 Å². The molecule has 0 aromatic heterocycles. The number of hydrogen-bond donors (Lipinski definition) is 2. The van der Waals surface area contributed by atoms with E-state index in [0.29, 0.717) is 18.2 Å². The molecule has 0 bridgehead atoms. The third kappa shape index (κ3) is 6.60. The maximum absolute atomic E-state index is 15.0. The standard InChI is InChI=1S/C27H38FN3O4/c1-27(2,3)35-26(34)18-4-7-20(8-5-18)31-14-12-17(13-15-31)21-9-6-19(16-22(21)28)29-23-10-11-24(32)30-25(23)33/h6,9,16-18,20,23,29H,4-5,7-8,10-15H2,1-3H3,(H,30,32,33).